The fourth-order valence-corrected chi connectivity index (χ4v) is 1.92. The molecule has 0 bridgehead atoms. The van der Waals surface area contributed by atoms with Gasteiger partial charge in [-0.25, -0.2) is 4.79 Å². The Morgan fingerprint density at radius 2 is 2.10 bits per heavy atom. The molecule has 0 spiro atoms. The first-order chi connectivity index (χ1) is 9.69. The van der Waals surface area contributed by atoms with Crippen molar-refractivity contribution >= 4 is 16.9 Å². The van der Waals surface area contributed by atoms with Crippen LogP contribution in [0.15, 0.2) is 29.2 Å². The maximum atomic E-state index is 12.3. The van der Waals surface area contributed by atoms with Crippen molar-refractivity contribution < 1.29 is 14.3 Å². The number of rotatable bonds is 5. The molecule has 0 radical (unpaired) electrons. The van der Waals surface area contributed by atoms with Crippen molar-refractivity contribution in [3.05, 3.63) is 40.2 Å². The number of aromatic nitrogens is 1. The van der Waals surface area contributed by atoms with Gasteiger partial charge in [-0.3, -0.25) is 4.79 Å². The molecule has 0 aliphatic heterocycles. The number of benzene rings is 1. The van der Waals surface area contributed by atoms with E-state index in [1.54, 1.807) is 25.1 Å². The Morgan fingerprint density at radius 3 is 2.80 bits per heavy atom. The molecule has 0 aliphatic carbocycles. The average Bonchev–Trinajstić information content (AvgIpc) is 2.46. The summed E-state index contributed by atoms with van der Waals surface area (Å²) < 4.78 is 10.4. The van der Waals surface area contributed by atoms with Gasteiger partial charge in [0.2, 0.25) is 5.43 Å². The largest absolute Gasteiger partial charge is 0.491 e. The van der Waals surface area contributed by atoms with E-state index in [0.29, 0.717) is 23.3 Å². The molecule has 5 nitrogen and oxygen atoms in total. The Bertz CT molecular complexity index is 675. The Balaban J connectivity index is 2.52. The topological polar surface area (TPSA) is 68.4 Å². The van der Waals surface area contributed by atoms with Crippen LogP contribution in [0.1, 0.15) is 30.6 Å². The quantitative estimate of drug-likeness (QED) is 0.851. The van der Waals surface area contributed by atoms with E-state index in [4.69, 9.17) is 9.47 Å². The number of esters is 1. The van der Waals surface area contributed by atoms with Crippen molar-refractivity contribution in [2.24, 2.45) is 0 Å². The molecule has 1 heterocycles. The highest BCUT2D eigenvalue weighted by Crippen LogP contribution is 2.21. The minimum absolute atomic E-state index is 0.00647. The highest BCUT2D eigenvalue weighted by Gasteiger charge is 2.15. The molecule has 2 aromatic rings. The van der Waals surface area contributed by atoms with Crippen molar-refractivity contribution in [1.82, 2.24) is 4.98 Å². The molecular weight excluding hydrogens is 258 g/mol. The lowest BCUT2D eigenvalue weighted by atomic mass is 10.1. The van der Waals surface area contributed by atoms with Crippen LogP contribution in [-0.2, 0) is 4.74 Å². The molecule has 20 heavy (non-hydrogen) atoms. The lowest BCUT2D eigenvalue weighted by Gasteiger charge is -2.09. The van der Waals surface area contributed by atoms with E-state index in [1.807, 2.05) is 6.92 Å². The zero-order valence-electron chi connectivity index (χ0n) is 11.6. The lowest BCUT2D eigenvalue weighted by Crippen LogP contribution is -2.18. The number of hydrogen-bond acceptors (Lipinski definition) is 4. The van der Waals surface area contributed by atoms with Crippen LogP contribution in [0.4, 0.5) is 0 Å². The summed E-state index contributed by atoms with van der Waals surface area (Å²) in [7, 11) is 0. The molecule has 0 unspecified atom stereocenters. The first kappa shape index (κ1) is 14.1. The van der Waals surface area contributed by atoms with Crippen molar-refractivity contribution in [3.8, 4) is 5.75 Å². The van der Waals surface area contributed by atoms with Gasteiger partial charge in [0, 0.05) is 6.20 Å². The Morgan fingerprint density at radius 1 is 1.30 bits per heavy atom. The van der Waals surface area contributed by atoms with Crippen molar-refractivity contribution in [3.63, 3.8) is 0 Å². The second kappa shape index (κ2) is 6.23. The van der Waals surface area contributed by atoms with E-state index >= 15 is 0 Å². The Hall–Kier alpha value is -2.30. The lowest BCUT2D eigenvalue weighted by molar-refractivity contribution is 0.0524. The number of ether oxygens (including phenoxy) is 2. The van der Waals surface area contributed by atoms with Crippen LogP contribution in [-0.4, -0.2) is 24.2 Å². The monoisotopic (exact) mass is 275 g/mol. The number of H-pyrrole nitrogens is 1. The van der Waals surface area contributed by atoms with E-state index in [9.17, 15) is 9.59 Å². The summed E-state index contributed by atoms with van der Waals surface area (Å²) in [6.07, 6.45) is 2.25. The summed E-state index contributed by atoms with van der Waals surface area (Å²) in [6.45, 7) is 4.51. The number of carbonyl (C=O) groups is 1. The molecule has 0 fully saturated rings. The summed E-state index contributed by atoms with van der Waals surface area (Å²) >= 11 is 0. The first-order valence-corrected chi connectivity index (χ1v) is 6.63. The third-order valence-electron chi connectivity index (χ3n) is 2.83. The van der Waals surface area contributed by atoms with Crippen molar-refractivity contribution in [2.75, 3.05) is 13.2 Å². The minimum Gasteiger partial charge on any atom is -0.491 e. The third kappa shape index (κ3) is 2.66. The number of aromatic amines is 1. The number of fused-ring (bicyclic) bond motifs is 1. The van der Waals surface area contributed by atoms with Crippen LogP contribution in [0, 0.1) is 0 Å². The standard InChI is InChI=1S/C15H17NO4/c1-3-8-20-12-7-5-6-10-13(12)16-9-11(14(10)17)15(18)19-4-2/h5-7,9H,3-4,8H2,1-2H3,(H,16,17). The molecular formula is C15H17NO4. The SMILES string of the molecule is CCCOc1cccc2c(=O)c(C(=O)OCC)c[nH]c12. The molecule has 0 saturated carbocycles. The highest BCUT2D eigenvalue weighted by atomic mass is 16.5. The number of nitrogens with one attached hydrogen (secondary N) is 1. The Labute approximate surface area is 116 Å². The molecule has 1 N–H and O–H groups in total. The van der Waals surface area contributed by atoms with Crippen LogP contribution in [0.3, 0.4) is 0 Å². The summed E-state index contributed by atoms with van der Waals surface area (Å²) in [5.41, 5.74) is 0.255. The molecule has 5 heteroatoms. The van der Waals surface area contributed by atoms with Crippen LogP contribution in [0.5, 0.6) is 5.75 Å². The second-order valence-electron chi connectivity index (χ2n) is 4.28. The number of para-hydroxylation sites is 1. The van der Waals surface area contributed by atoms with E-state index < -0.39 is 5.97 Å². The van der Waals surface area contributed by atoms with Crippen LogP contribution >= 0.6 is 0 Å². The summed E-state index contributed by atoms with van der Waals surface area (Å²) in [5.74, 6) is -0.00705. The fourth-order valence-electron chi connectivity index (χ4n) is 1.92. The molecule has 2 rings (SSSR count). The van der Waals surface area contributed by atoms with E-state index in [2.05, 4.69) is 4.98 Å². The molecule has 106 valence electrons. The van der Waals surface area contributed by atoms with Crippen LogP contribution < -0.4 is 10.2 Å². The minimum atomic E-state index is -0.615. The fraction of sp³-hybridized carbons (Fsp3) is 0.333. The number of carbonyl (C=O) groups excluding carboxylic acids is 1. The van der Waals surface area contributed by atoms with E-state index in [1.165, 1.54) is 6.20 Å². The third-order valence-corrected chi connectivity index (χ3v) is 2.83. The summed E-state index contributed by atoms with van der Waals surface area (Å²) in [4.78, 5) is 26.9. The molecule has 0 amide bonds. The van der Waals surface area contributed by atoms with Crippen molar-refractivity contribution in [1.29, 1.82) is 0 Å². The predicted octanol–water partition coefficient (Wildman–Crippen LogP) is 2.49. The normalized spacial score (nSPS) is 10.5. The van der Waals surface area contributed by atoms with Crippen molar-refractivity contribution in [2.45, 2.75) is 20.3 Å². The summed E-state index contributed by atoms with van der Waals surface area (Å²) in [5, 5.41) is 0.421. The number of pyridine rings is 1. The van der Waals surface area contributed by atoms with Gasteiger partial charge in [-0.05, 0) is 25.5 Å². The molecule has 0 atom stereocenters. The van der Waals surface area contributed by atoms with Gasteiger partial charge in [-0.2, -0.15) is 0 Å². The van der Waals surface area contributed by atoms with E-state index in [0.717, 1.165) is 6.42 Å². The summed E-state index contributed by atoms with van der Waals surface area (Å²) in [6, 6.07) is 5.19. The number of hydrogen-bond donors (Lipinski definition) is 1. The van der Waals surface area contributed by atoms with Gasteiger partial charge < -0.3 is 14.5 Å². The van der Waals surface area contributed by atoms with Gasteiger partial charge in [0.1, 0.15) is 11.3 Å². The van der Waals surface area contributed by atoms with E-state index in [-0.39, 0.29) is 17.6 Å². The molecule has 1 aromatic carbocycles. The van der Waals surface area contributed by atoms with Crippen LogP contribution in [0.25, 0.3) is 10.9 Å². The van der Waals surface area contributed by atoms with Gasteiger partial charge in [0.15, 0.2) is 0 Å². The maximum Gasteiger partial charge on any atom is 0.343 e. The molecule has 0 aliphatic rings. The molecule has 0 saturated heterocycles. The van der Waals surface area contributed by atoms with Gasteiger partial charge in [-0.15, -0.1) is 0 Å². The van der Waals surface area contributed by atoms with Gasteiger partial charge in [-0.1, -0.05) is 13.0 Å². The highest BCUT2D eigenvalue weighted by molar-refractivity contribution is 5.94. The predicted molar refractivity (Wildman–Crippen MR) is 76.3 cm³/mol. The first-order valence-electron chi connectivity index (χ1n) is 6.63. The smallest absolute Gasteiger partial charge is 0.343 e. The van der Waals surface area contributed by atoms with Gasteiger partial charge >= 0.3 is 5.97 Å². The molecule has 1 aromatic heterocycles. The maximum absolute atomic E-state index is 12.3. The second-order valence-corrected chi connectivity index (χ2v) is 4.28. The average molecular weight is 275 g/mol. The Kier molecular flexibility index (Phi) is 4.40. The van der Waals surface area contributed by atoms with Crippen LogP contribution in [0.2, 0.25) is 0 Å². The zero-order valence-corrected chi connectivity index (χ0v) is 11.6. The van der Waals surface area contributed by atoms with Gasteiger partial charge in [0.05, 0.1) is 24.1 Å². The zero-order chi connectivity index (χ0) is 14.5. The van der Waals surface area contributed by atoms with Gasteiger partial charge in [0.25, 0.3) is 0 Å².